The van der Waals surface area contributed by atoms with Crippen molar-refractivity contribution >= 4 is 35.3 Å². The molecule has 0 saturated carbocycles. The Bertz CT molecular complexity index is 1490. The second-order valence-corrected chi connectivity index (χ2v) is 51.9. The fraction of sp³-hybridized carbons (Fsp3) is 0.371. The van der Waals surface area contributed by atoms with E-state index in [0.29, 0.717) is 0 Å². The van der Waals surface area contributed by atoms with Crippen LogP contribution in [-0.2, 0) is 13.3 Å². The monoisotopic (exact) mass is 574 g/mol. The summed E-state index contributed by atoms with van der Waals surface area (Å²) >= 11 is -4.24. The van der Waals surface area contributed by atoms with Crippen LogP contribution in [0, 0.1) is 13.8 Å². The molecule has 0 N–H and O–H groups in total. The Morgan fingerprint density at radius 1 is 0.711 bits per heavy atom. The third-order valence-electron chi connectivity index (χ3n) is 11.1. The van der Waals surface area contributed by atoms with Gasteiger partial charge in [0, 0.05) is 0 Å². The quantitative estimate of drug-likeness (QED) is 0.260. The molecule has 0 fully saturated rings. The van der Waals surface area contributed by atoms with Gasteiger partial charge in [0.05, 0.1) is 0 Å². The van der Waals surface area contributed by atoms with E-state index >= 15 is 0 Å². The molecule has 1 aliphatic carbocycles. The third-order valence-corrected chi connectivity index (χ3v) is 40.3. The number of hydrogen-bond donors (Lipinski definition) is 0. The zero-order valence-corrected chi connectivity index (χ0v) is 30.1. The molecular weight excluding hydrogens is 524 g/mol. The van der Waals surface area contributed by atoms with Crippen LogP contribution in [0.4, 0.5) is 0 Å². The molecule has 0 saturated heterocycles. The minimum absolute atomic E-state index is 0.0169. The predicted molar refractivity (Wildman–Crippen MR) is 177 cm³/mol. The van der Waals surface area contributed by atoms with Crippen molar-refractivity contribution < 1.29 is 13.3 Å². The average Bonchev–Trinajstić information content (AvgIpc) is 3.00. The minimum atomic E-state index is -4.24. The summed E-state index contributed by atoms with van der Waals surface area (Å²) in [5.41, 5.74) is 10.5. The van der Waals surface area contributed by atoms with Crippen LogP contribution in [0.1, 0.15) is 44.4 Å². The summed E-state index contributed by atoms with van der Waals surface area (Å²) in [4.78, 5) is 0. The number of benzene rings is 3. The molecule has 0 heterocycles. The van der Waals surface area contributed by atoms with Crippen LogP contribution in [0.25, 0.3) is 5.57 Å². The van der Waals surface area contributed by atoms with E-state index in [1.807, 2.05) is 0 Å². The maximum atomic E-state index is 2.82. The normalized spacial score (nSPS) is 20.8. The molecular formula is C35H50Si2Ti. The van der Waals surface area contributed by atoms with Gasteiger partial charge in [-0.2, -0.15) is 0 Å². The second kappa shape index (κ2) is 8.90. The number of allylic oxidation sites excluding steroid dienone is 4. The Morgan fingerprint density at radius 2 is 1.29 bits per heavy atom. The summed E-state index contributed by atoms with van der Waals surface area (Å²) in [6, 6.07) is 28.4. The van der Waals surface area contributed by atoms with E-state index in [9.17, 15) is 0 Å². The standard InChI is InChI=1S/C15H17.C10H17Si2.C7H7.3CH3.Ti/c1-10-11(2)13(4)15(12(10)3)14-8-6-5-7-9-14;1-8-5-9(11)7-10(6-8)12(2,3)4;1-7-5-3-2-4-6-7;;;;/h5-9H,1-4H3;5-7H,11H2,1-4H3;2-5H,1H3;3*1H3;. The zero-order chi connectivity index (χ0) is 28.4. The van der Waals surface area contributed by atoms with Crippen molar-refractivity contribution in [1.29, 1.82) is 0 Å². The van der Waals surface area contributed by atoms with Crippen molar-refractivity contribution in [2.75, 3.05) is 0 Å². The van der Waals surface area contributed by atoms with E-state index in [0.717, 1.165) is 0 Å². The first-order valence-electron chi connectivity index (χ1n) is 14.4. The van der Waals surface area contributed by atoms with Crippen molar-refractivity contribution in [3.8, 4) is 0 Å². The maximum absolute atomic E-state index is 4.24. The van der Waals surface area contributed by atoms with Gasteiger partial charge < -0.3 is 0 Å². The van der Waals surface area contributed by atoms with E-state index in [2.05, 4.69) is 150 Å². The molecule has 3 heteroatoms. The Balaban J connectivity index is 2.17. The van der Waals surface area contributed by atoms with Crippen molar-refractivity contribution in [2.45, 2.75) is 80.6 Å². The van der Waals surface area contributed by atoms with Crippen LogP contribution in [0.15, 0.2) is 89.5 Å². The zero-order valence-electron chi connectivity index (χ0n) is 26.1. The molecule has 4 rings (SSSR count). The molecule has 38 heavy (non-hydrogen) atoms. The molecule has 1 unspecified atom stereocenters. The van der Waals surface area contributed by atoms with Gasteiger partial charge in [-0.1, -0.05) is 0 Å². The van der Waals surface area contributed by atoms with Gasteiger partial charge in [0.25, 0.3) is 0 Å². The Labute approximate surface area is 234 Å². The number of hydrogen-bond acceptors (Lipinski definition) is 0. The molecule has 0 aliphatic heterocycles. The molecule has 1 aliphatic rings. The third kappa shape index (κ3) is 4.18. The van der Waals surface area contributed by atoms with Gasteiger partial charge in [0.2, 0.25) is 0 Å². The van der Waals surface area contributed by atoms with Crippen molar-refractivity contribution in [1.82, 2.24) is 0 Å². The molecule has 0 spiro atoms. The first-order chi connectivity index (χ1) is 17.4. The van der Waals surface area contributed by atoms with Crippen LogP contribution in [0.5, 0.6) is 0 Å². The molecule has 202 valence electrons. The second-order valence-electron chi connectivity index (χ2n) is 15.7. The summed E-state index contributed by atoms with van der Waals surface area (Å²) in [7, 11) is -2.20. The van der Waals surface area contributed by atoms with Crippen molar-refractivity contribution in [3.05, 3.63) is 106 Å². The SMILES string of the molecule is CC1=C(C)[C](C)([Ti]([CH3])([CH3])([CH3])([SiH2]c2cc(C)cc([Si](C)(C)C)c2)[c]2ccccc2C)C(c2ccccc2)=C1C. The van der Waals surface area contributed by atoms with E-state index in [1.165, 1.54) is 27.8 Å². The summed E-state index contributed by atoms with van der Waals surface area (Å²) in [6.45, 7) is 22.1. The van der Waals surface area contributed by atoms with Gasteiger partial charge in [-0.3, -0.25) is 0 Å². The van der Waals surface area contributed by atoms with E-state index in [-0.39, 0.29) is 3.72 Å². The van der Waals surface area contributed by atoms with Gasteiger partial charge in [-0.15, -0.1) is 0 Å². The van der Waals surface area contributed by atoms with Crippen LogP contribution in [-0.4, -0.2) is 15.5 Å². The topological polar surface area (TPSA) is 0 Å². The summed E-state index contributed by atoms with van der Waals surface area (Å²) in [5.74, 6) is 0. The molecule has 0 aromatic heterocycles. The van der Waals surface area contributed by atoms with E-state index in [1.54, 1.807) is 25.4 Å². The van der Waals surface area contributed by atoms with Gasteiger partial charge >= 0.3 is 235 Å². The molecule has 1 atom stereocenters. The molecule has 0 amide bonds. The Morgan fingerprint density at radius 3 is 1.87 bits per heavy atom. The fourth-order valence-corrected chi connectivity index (χ4v) is 37.1. The van der Waals surface area contributed by atoms with Gasteiger partial charge in [0.1, 0.15) is 0 Å². The molecule has 0 nitrogen and oxygen atoms in total. The molecule has 0 bridgehead atoms. The first kappa shape index (κ1) is 29.3. The van der Waals surface area contributed by atoms with Crippen LogP contribution >= 0.6 is 0 Å². The van der Waals surface area contributed by atoms with Crippen molar-refractivity contribution in [3.63, 3.8) is 0 Å². The first-order valence-corrected chi connectivity index (χ1v) is 28.9. The van der Waals surface area contributed by atoms with Gasteiger partial charge in [0.15, 0.2) is 0 Å². The average molecular weight is 575 g/mol. The Kier molecular flexibility index (Phi) is 6.85. The summed E-state index contributed by atoms with van der Waals surface area (Å²) in [6.07, 6.45) is 0. The van der Waals surface area contributed by atoms with Crippen LogP contribution < -0.4 is 14.2 Å². The molecule has 3 aromatic rings. The summed E-state index contributed by atoms with van der Waals surface area (Å²) in [5, 5.41) is 11.7. The van der Waals surface area contributed by atoms with E-state index in [4.69, 9.17) is 0 Å². The molecule has 3 aromatic carbocycles. The van der Waals surface area contributed by atoms with Crippen LogP contribution in [0.2, 0.25) is 39.0 Å². The number of rotatable bonds is 6. The number of aryl methyl sites for hydroxylation is 2. The molecule has 0 radical (unpaired) electrons. The summed E-state index contributed by atoms with van der Waals surface area (Å²) < 4.78 is 1.66. The van der Waals surface area contributed by atoms with E-state index < -0.39 is 28.7 Å². The van der Waals surface area contributed by atoms with Crippen LogP contribution in [0.3, 0.4) is 0 Å². The predicted octanol–water partition coefficient (Wildman–Crippen LogP) is 8.26. The van der Waals surface area contributed by atoms with Crippen molar-refractivity contribution in [2.24, 2.45) is 0 Å². The van der Waals surface area contributed by atoms with Gasteiger partial charge in [-0.25, -0.2) is 0 Å². The van der Waals surface area contributed by atoms with Gasteiger partial charge in [-0.05, 0) is 0 Å². The fourth-order valence-electron chi connectivity index (χ4n) is 8.34. The Hall–Kier alpha value is -1.71.